The van der Waals surface area contributed by atoms with Crippen molar-refractivity contribution in [3.63, 3.8) is 0 Å². The predicted molar refractivity (Wildman–Crippen MR) is 58.6 cm³/mol. The van der Waals surface area contributed by atoms with Gasteiger partial charge < -0.3 is 10.6 Å². The molecule has 2 unspecified atom stereocenters. The number of benzene rings is 1. The molecule has 0 heterocycles. The topological polar surface area (TPSA) is 46.2 Å². The van der Waals surface area contributed by atoms with Gasteiger partial charge in [0.2, 0.25) is 0 Å². The van der Waals surface area contributed by atoms with Crippen molar-refractivity contribution >= 4 is 20.4 Å². The second-order valence-electron chi connectivity index (χ2n) is 2.85. The molecule has 0 bridgehead atoms. The maximum atomic E-state index is 8.83. The summed E-state index contributed by atoms with van der Waals surface area (Å²) < 4.78 is 0. The quantitative estimate of drug-likeness (QED) is 0.758. The lowest BCUT2D eigenvalue weighted by Crippen LogP contribution is -2.14. The van der Waals surface area contributed by atoms with Crippen LogP contribution in [0.3, 0.4) is 0 Å². The number of hydrogen-bond donors (Lipinski definition) is 2. The molecule has 4 heteroatoms. The third-order valence-corrected chi connectivity index (χ3v) is 2.89. The zero-order valence-corrected chi connectivity index (χ0v) is 8.96. The Hall–Kier alpha value is -0.140. The van der Waals surface area contributed by atoms with Crippen molar-refractivity contribution in [3.8, 4) is 0 Å². The summed E-state index contributed by atoms with van der Waals surface area (Å²) in [5, 5.41) is 0.728. The highest BCUT2D eigenvalue weighted by atomic mass is 35.5. The fourth-order valence-electron chi connectivity index (χ4n) is 1.18. The first-order valence-electron chi connectivity index (χ1n) is 4.10. The Morgan fingerprint density at radius 3 is 2.46 bits per heavy atom. The molecule has 0 saturated heterocycles. The van der Waals surface area contributed by atoms with E-state index in [1.807, 2.05) is 24.3 Å². The summed E-state index contributed by atoms with van der Waals surface area (Å²) in [6.07, 6.45) is 0.734. The highest BCUT2D eigenvalue weighted by Gasteiger charge is 2.08. The van der Waals surface area contributed by atoms with E-state index in [1.165, 1.54) is 0 Å². The second-order valence-corrected chi connectivity index (χ2v) is 4.01. The van der Waals surface area contributed by atoms with Crippen LogP contribution in [0.2, 0.25) is 5.02 Å². The van der Waals surface area contributed by atoms with Crippen LogP contribution in [-0.2, 0) is 0 Å². The molecule has 72 valence electrons. The minimum absolute atomic E-state index is 0.0453. The molecule has 1 rings (SSSR count). The molecule has 1 aromatic carbocycles. The number of rotatable bonds is 4. The van der Waals surface area contributed by atoms with Crippen LogP contribution in [0.5, 0.6) is 0 Å². The van der Waals surface area contributed by atoms with Gasteiger partial charge in [0.25, 0.3) is 0 Å². The minimum atomic E-state index is -0.0453. The van der Waals surface area contributed by atoms with E-state index in [1.54, 1.807) is 0 Å². The first kappa shape index (κ1) is 10.9. The highest BCUT2D eigenvalue weighted by Crippen LogP contribution is 2.22. The van der Waals surface area contributed by atoms with Crippen LogP contribution in [0.15, 0.2) is 24.3 Å². The van der Waals surface area contributed by atoms with E-state index < -0.39 is 0 Å². The molecule has 1 aromatic rings. The average molecular weight is 218 g/mol. The van der Waals surface area contributed by atoms with Crippen LogP contribution < -0.4 is 5.73 Å². The lowest BCUT2D eigenvalue weighted by atomic mass is 10.0. The first-order valence-corrected chi connectivity index (χ1v) is 5.63. The zero-order valence-electron chi connectivity index (χ0n) is 7.20. The van der Waals surface area contributed by atoms with E-state index in [0.717, 1.165) is 16.7 Å². The van der Waals surface area contributed by atoms with Crippen LogP contribution in [0.1, 0.15) is 11.5 Å². The van der Waals surface area contributed by atoms with Gasteiger partial charge in [-0.1, -0.05) is 23.7 Å². The summed E-state index contributed by atoms with van der Waals surface area (Å²) >= 11 is 5.76. The van der Waals surface area contributed by atoms with Gasteiger partial charge in [0.1, 0.15) is 0 Å². The van der Waals surface area contributed by atoms with Crippen molar-refractivity contribution in [2.45, 2.75) is 5.92 Å². The van der Waals surface area contributed by atoms with Crippen molar-refractivity contribution in [3.05, 3.63) is 34.9 Å². The van der Waals surface area contributed by atoms with E-state index in [0.29, 0.717) is 6.54 Å². The second kappa shape index (κ2) is 5.56. The zero-order chi connectivity index (χ0) is 9.68. The normalized spacial score (nSPS) is 13.8. The summed E-state index contributed by atoms with van der Waals surface area (Å²) in [5.41, 5.74) is 6.74. The van der Waals surface area contributed by atoms with Crippen molar-refractivity contribution in [2.75, 3.05) is 12.7 Å². The smallest absolute Gasteiger partial charge is 0.0406 e. The average Bonchev–Trinajstić information content (AvgIpc) is 2.16. The summed E-state index contributed by atoms with van der Waals surface area (Å²) in [7, 11) is -0.0453. The number of nitrogens with two attached hydrogens (primary N) is 1. The molecular formula is C9H13ClNOP. The Morgan fingerprint density at radius 2 is 2.00 bits per heavy atom. The number of hydrogen-bond acceptors (Lipinski definition) is 2. The van der Waals surface area contributed by atoms with Crippen LogP contribution in [0, 0.1) is 0 Å². The van der Waals surface area contributed by atoms with E-state index >= 15 is 0 Å². The molecule has 0 fully saturated rings. The molecule has 0 aliphatic rings. The summed E-state index contributed by atoms with van der Waals surface area (Å²) in [6.45, 7) is 0.565. The Balaban J connectivity index is 2.73. The van der Waals surface area contributed by atoms with Gasteiger partial charge >= 0.3 is 0 Å². The van der Waals surface area contributed by atoms with E-state index in [4.69, 9.17) is 22.2 Å². The van der Waals surface area contributed by atoms with E-state index in [9.17, 15) is 0 Å². The molecule has 0 amide bonds. The van der Waals surface area contributed by atoms with Gasteiger partial charge in [0, 0.05) is 19.7 Å². The predicted octanol–water partition coefficient (Wildman–Crippen LogP) is 1.97. The van der Waals surface area contributed by atoms with Gasteiger partial charge in [-0.2, -0.15) is 0 Å². The molecule has 0 aliphatic carbocycles. The van der Waals surface area contributed by atoms with Crippen LogP contribution in [0.25, 0.3) is 0 Å². The van der Waals surface area contributed by atoms with E-state index in [-0.39, 0.29) is 14.7 Å². The SMILES string of the molecule is NCC(CPO)c1ccc(Cl)cc1. The maximum Gasteiger partial charge on any atom is 0.0406 e. The first-order chi connectivity index (χ1) is 6.27. The lowest BCUT2D eigenvalue weighted by molar-refractivity contribution is 0.633. The molecule has 0 aliphatic heterocycles. The maximum absolute atomic E-state index is 8.83. The Bertz CT molecular complexity index is 252. The minimum Gasteiger partial charge on any atom is -0.377 e. The fraction of sp³-hybridized carbons (Fsp3) is 0.333. The third-order valence-electron chi connectivity index (χ3n) is 1.96. The largest absolute Gasteiger partial charge is 0.377 e. The van der Waals surface area contributed by atoms with Crippen LogP contribution >= 0.6 is 20.4 Å². The van der Waals surface area contributed by atoms with Gasteiger partial charge in [-0.25, -0.2) is 0 Å². The van der Waals surface area contributed by atoms with Crippen molar-refractivity contribution in [2.24, 2.45) is 5.73 Å². The fourth-order valence-corrected chi connectivity index (χ4v) is 1.93. The summed E-state index contributed by atoms with van der Waals surface area (Å²) in [6, 6.07) is 7.61. The van der Waals surface area contributed by atoms with Crippen molar-refractivity contribution < 1.29 is 4.89 Å². The highest BCUT2D eigenvalue weighted by molar-refractivity contribution is 7.31. The van der Waals surface area contributed by atoms with Gasteiger partial charge in [0.15, 0.2) is 0 Å². The Kier molecular flexibility index (Phi) is 4.68. The third kappa shape index (κ3) is 3.24. The standard InChI is InChI=1S/C9H13ClNOP/c10-9-3-1-7(2-4-9)8(5-11)6-13-12/h1-4,8,12-13H,5-6,11H2. The monoisotopic (exact) mass is 217 g/mol. The Labute approximate surface area is 85.0 Å². The van der Waals surface area contributed by atoms with Crippen molar-refractivity contribution in [1.82, 2.24) is 0 Å². The molecule has 2 nitrogen and oxygen atoms in total. The molecule has 2 atom stereocenters. The summed E-state index contributed by atoms with van der Waals surface area (Å²) in [5.74, 6) is 0.251. The number of halogens is 1. The van der Waals surface area contributed by atoms with Gasteiger partial charge in [-0.3, -0.25) is 0 Å². The van der Waals surface area contributed by atoms with E-state index in [2.05, 4.69) is 0 Å². The Morgan fingerprint density at radius 1 is 1.38 bits per heavy atom. The summed E-state index contributed by atoms with van der Waals surface area (Å²) in [4.78, 5) is 8.83. The molecule has 0 saturated carbocycles. The molecule has 3 N–H and O–H groups in total. The molecule has 0 spiro atoms. The van der Waals surface area contributed by atoms with Gasteiger partial charge in [-0.15, -0.1) is 0 Å². The lowest BCUT2D eigenvalue weighted by Gasteiger charge is -2.13. The molecule has 0 radical (unpaired) electrons. The van der Waals surface area contributed by atoms with Gasteiger partial charge in [0.05, 0.1) is 0 Å². The van der Waals surface area contributed by atoms with Gasteiger partial charge in [-0.05, 0) is 30.4 Å². The molecule has 0 aromatic heterocycles. The van der Waals surface area contributed by atoms with Crippen LogP contribution in [-0.4, -0.2) is 17.6 Å². The molecular weight excluding hydrogens is 205 g/mol. The van der Waals surface area contributed by atoms with Crippen molar-refractivity contribution in [1.29, 1.82) is 0 Å². The van der Waals surface area contributed by atoms with Crippen LogP contribution in [0.4, 0.5) is 0 Å². The molecule has 13 heavy (non-hydrogen) atoms.